The lowest BCUT2D eigenvalue weighted by Crippen LogP contribution is -2.00. The lowest BCUT2D eigenvalue weighted by Gasteiger charge is -2.02. The Hall–Kier alpha value is -1.64. The van der Waals surface area contributed by atoms with E-state index in [0.29, 0.717) is 5.92 Å². The summed E-state index contributed by atoms with van der Waals surface area (Å²) in [6.07, 6.45) is 3.59. The largest absolute Gasteiger partial charge is 0.262 e. The van der Waals surface area contributed by atoms with Crippen LogP contribution in [0.5, 0.6) is 0 Å². The molecule has 2 rings (SSSR count). The van der Waals surface area contributed by atoms with Gasteiger partial charge in [0, 0.05) is 11.9 Å². The molecule has 0 spiro atoms. The number of hydrogen-bond donors (Lipinski definition) is 0. The second kappa shape index (κ2) is 3.85. The maximum Gasteiger partial charge on any atom is 0.0831 e. The van der Waals surface area contributed by atoms with Gasteiger partial charge >= 0.3 is 0 Å². The van der Waals surface area contributed by atoms with E-state index in [4.69, 9.17) is 0 Å². The first-order valence-corrected chi connectivity index (χ1v) is 5.15. The number of rotatable bonds is 2. The molecule has 0 aliphatic carbocycles. The predicted octanol–water partition coefficient (Wildman–Crippen LogP) is 2.70. The molecule has 0 atom stereocenters. The quantitative estimate of drug-likeness (QED) is 0.748. The van der Waals surface area contributed by atoms with Crippen molar-refractivity contribution in [1.29, 1.82) is 0 Å². The molecule has 3 heteroatoms. The molecule has 0 aliphatic rings. The van der Waals surface area contributed by atoms with Crippen molar-refractivity contribution in [1.82, 2.24) is 14.8 Å². The summed E-state index contributed by atoms with van der Waals surface area (Å²) in [5, 5.41) is 4.56. The molecule has 0 saturated heterocycles. The first-order valence-electron chi connectivity index (χ1n) is 5.15. The molecule has 0 fully saturated rings. The molecule has 0 unspecified atom stereocenters. The van der Waals surface area contributed by atoms with Crippen molar-refractivity contribution in [2.45, 2.75) is 26.7 Å². The van der Waals surface area contributed by atoms with Crippen LogP contribution in [0.2, 0.25) is 0 Å². The first kappa shape index (κ1) is 9.90. The van der Waals surface area contributed by atoms with Crippen LogP contribution in [0, 0.1) is 6.92 Å². The number of nitrogens with zero attached hydrogens (tertiary/aromatic N) is 3. The van der Waals surface area contributed by atoms with E-state index < -0.39 is 0 Å². The van der Waals surface area contributed by atoms with E-state index in [0.717, 1.165) is 17.1 Å². The zero-order valence-electron chi connectivity index (χ0n) is 9.31. The van der Waals surface area contributed by atoms with Gasteiger partial charge in [-0.3, -0.25) is 4.98 Å². The highest BCUT2D eigenvalue weighted by molar-refractivity contribution is 5.30. The smallest absolute Gasteiger partial charge is 0.0831 e. The van der Waals surface area contributed by atoms with Crippen molar-refractivity contribution in [3.05, 3.63) is 42.0 Å². The highest BCUT2D eigenvalue weighted by atomic mass is 15.3. The third kappa shape index (κ3) is 1.91. The van der Waals surface area contributed by atoms with Crippen LogP contribution in [0.3, 0.4) is 0 Å². The summed E-state index contributed by atoms with van der Waals surface area (Å²) in [6, 6.07) is 6.06. The standard InChI is InChI=1S/C12H15N3/c1-9(2)12-7-10(3)15(14-12)11-5-4-6-13-8-11/h4-9H,1-3H3. The van der Waals surface area contributed by atoms with E-state index in [1.165, 1.54) is 0 Å². The normalized spacial score (nSPS) is 10.9. The van der Waals surface area contributed by atoms with Crippen molar-refractivity contribution in [3.63, 3.8) is 0 Å². The molecule has 15 heavy (non-hydrogen) atoms. The van der Waals surface area contributed by atoms with Crippen molar-refractivity contribution < 1.29 is 0 Å². The molecule has 3 nitrogen and oxygen atoms in total. The van der Waals surface area contributed by atoms with E-state index in [2.05, 4.69) is 36.9 Å². The second-order valence-electron chi connectivity index (χ2n) is 3.99. The summed E-state index contributed by atoms with van der Waals surface area (Å²) in [6.45, 7) is 6.36. The minimum absolute atomic E-state index is 0.460. The third-order valence-electron chi connectivity index (χ3n) is 2.39. The molecular formula is C12H15N3. The molecule has 0 aromatic carbocycles. The lowest BCUT2D eigenvalue weighted by atomic mass is 10.1. The van der Waals surface area contributed by atoms with Gasteiger partial charge in [0.05, 0.1) is 17.6 Å². The van der Waals surface area contributed by atoms with Gasteiger partial charge in [-0.05, 0) is 31.0 Å². The van der Waals surface area contributed by atoms with Gasteiger partial charge in [0.2, 0.25) is 0 Å². The fourth-order valence-electron chi connectivity index (χ4n) is 1.52. The molecular weight excluding hydrogens is 186 g/mol. The van der Waals surface area contributed by atoms with Crippen LogP contribution < -0.4 is 0 Å². The Morgan fingerprint density at radius 2 is 2.13 bits per heavy atom. The number of aryl methyl sites for hydroxylation is 1. The molecule has 2 aromatic rings. The van der Waals surface area contributed by atoms with Crippen LogP contribution in [-0.2, 0) is 0 Å². The zero-order chi connectivity index (χ0) is 10.8. The lowest BCUT2D eigenvalue weighted by molar-refractivity contribution is 0.758. The summed E-state index contributed by atoms with van der Waals surface area (Å²) in [4.78, 5) is 4.10. The van der Waals surface area contributed by atoms with Gasteiger partial charge in [-0.1, -0.05) is 13.8 Å². The Kier molecular flexibility index (Phi) is 2.54. The van der Waals surface area contributed by atoms with E-state index in [1.807, 2.05) is 23.0 Å². The van der Waals surface area contributed by atoms with Gasteiger partial charge in [-0.2, -0.15) is 5.10 Å². The fourth-order valence-corrected chi connectivity index (χ4v) is 1.52. The maximum atomic E-state index is 4.56. The third-order valence-corrected chi connectivity index (χ3v) is 2.39. The van der Waals surface area contributed by atoms with Crippen molar-refractivity contribution in [2.24, 2.45) is 0 Å². The molecule has 2 heterocycles. The summed E-state index contributed by atoms with van der Waals surface area (Å²) >= 11 is 0. The van der Waals surface area contributed by atoms with E-state index in [-0.39, 0.29) is 0 Å². The van der Waals surface area contributed by atoms with Gasteiger partial charge in [0.15, 0.2) is 0 Å². The Morgan fingerprint density at radius 3 is 2.67 bits per heavy atom. The SMILES string of the molecule is Cc1cc(C(C)C)nn1-c1cccnc1. The average Bonchev–Trinajstić information content (AvgIpc) is 2.62. The van der Waals surface area contributed by atoms with Crippen molar-refractivity contribution >= 4 is 0 Å². The molecule has 0 N–H and O–H groups in total. The number of pyridine rings is 1. The molecule has 0 radical (unpaired) electrons. The van der Waals surface area contributed by atoms with Gasteiger partial charge in [0.1, 0.15) is 0 Å². The minimum Gasteiger partial charge on any atom is -0.262 e. The zero-order valence-corrected chi connectivity index (χ0v) is 9.31. The Labute approximate surface area is 89.8 Å². The Balaban J connectivity index is 2.45. The first-order chi connectivity index (χ1) is 7.18. The van der Waals surface area contributed by atoms with Crippen LogP contribution >= 0.6 is 0 Å². The van der Waals surface area contributed by atoms with E-state index in [9.17, 15) is 0 Å². The van der Waals surface area contributed by atoms with E-state index >= 15 is 0 Å². The highest BCUT2D eigenvalue weighted by Crippen LogP contribution is 2.16. The fraction of sp³-hybridized carbons (Fsp3) is 0.333. The maximum absolute atomic E-state index is 4.56. The summed E-state index contributed by atoms with van der Waals surface area (Å²) in [5.41, 5.74) is 3.28. The summed E-state index contributed by atoms with van der Waals surface area (Å²) in [5.74, 6) is 0.460. The highest BCUT2D eigenvalue weighted by Gasteiger charge is 2.08. The van der Waals surface area contributed by atoms with Gasteiger partial charge in [-0.15, -0.1) is 0 Å². The monoisotopic (exact) mass is 201 g/mol. The molecule has 2 aromatic heterocycles. The van der Waals surface area contributed by atoms with E-state index in [1.54, 1.807) is 6.20 Å². The van der Waals surface area contributed by atoms with Crippen LogP contribution in [0.1, 0.15) is 31.2 Å². The van der Waals surface area contributed by atoms with Crippen molar-refractivity contribution in [2.75, 3.05) is 0 Å². The van der Waals surface area contributed by atoms with Crippen LogP contribution in [0.4, 0.5) is 0 Å². The average molecular weight is 201 g/mol. The van der Waals surface area contributed by atoms with Crippen LogP contribution in [0.15, 0.2) is 30.6 Å². The molecule has 0 saturated carbocycles. The molecule has 78 valence electrons. The van der Waals surface area contributed by atoms with Crippen LogP contribution in [-0.4, -0.2) is 14.8 Å². The molecule has 0 aliphatic heterocycles. The summed E-state index contributed by atoms with van der Waals surface area (Å²) < 4.78 is 1.93. The Bertz CT molecular complexity index is 443. The van der Waals surface area contributed by atoms with Crippen molar-refractivity contribution in [3.8, 4) is 5.69 Å². The van der Waals surface area contributed by atoms with Gasteiger partial charge in [0.25, 0.3) is 0 Å². The number of aromatic nitrogens is 3. The van der Waals surface area contributed by atoms with Gasteiger partial charge in [-0.25, -0.2) is 4.68 Å². The van der Waals surface area contributed by atoms with Gasteiger partial charge < -0.3 is 0 Å². The van der Waals surface area contributed by atoms with Crippen LogP contribution in [0.25, 0.3) is 5.69 Å². The minimum atomic E-state index is 0.460. The topological polar surface area (TPSA) is 30.7 Å². The molecule has 0 bridgehead atoms. The summed E-state index contributed by atoms with van der Waals surface area (Å²) in [7, 11) is 0. The molecule has 0 amide bonds. The Morgan fingerprint density at radius 1 is 1.33 bits per heavy atom. The number of hydrogen-bond acceptors (Lipinski definition) is 2. The second-order valence-corrected chi connectivity index (χ2v) is 3.99. The predicted molar refractivity (Wildman–Crippen MR) is 60.2 cm³/mol.